The molecule has 2 rings (SSSR count). The molecule has 0 aromatic heterocycles. The van der Waals surface area contributed by atoms with Crippen molar-refractivity contribution in [3.8, 4) is 0 Å². The quantitative estimate of drug-likeness (QED) is 0.890. The molecule has 2 unspecified atom stereocenters. The predicted octanol–water partition coefficient (Wildman–Crippen LogP) is 3.74. The highest BCUT2D eigenvalue weighted by Crippen LogP contribution is 2.36. The molecule has 1 heterocycles. The van der Waals surface area contributed by atoms with Crippen LogP contribution < -0.4 is 5.32 Å². The van der Waals surface area contributed by atoms with Crippen LogP contribution in [0.25, 0.3) is 0 Å². The summed E-state index contributed by atoms with van der Waals surface area (Å²) in [4.78, 5) is 2.34. The van der Waals surface area contributed by atoms with E-state index in [0.717, 1.165) is 45.3 Å². The van der Waals surface area contributed by atoms with Crippen LogP contribution in [0, 0.1) is 17.6 Å². The Morgan fingerprint density at radius 3 is 2.81 bits per heavy atom. The zero-order chi connectivity index (χ0) is 15.2. The average molecular weight is 296 g/mol. The number of hydrogen-bond acceptors (Lipinski definition) is 2. The molecule has 118 valence electrons. The van der Waals surface area contributed by atoms with E-state index in [1.54, 1.807) is 0 Å². The number of nitrogens with one attached hydrogen (secondary N) is 1. The number of hydrogen-bond donors (Lipinski definition) is 1. The molecule has 1 N–H and O–H groups in total. The van der Waals surface area contributed by atoms with Crippen molar-refractivity contribution in [1.29, 1.82) is 0 Å². The van der Waals surface area contributed by atoms with Crippen LogP contribution >= 0.6 is 0 Å². The highest BCUT2D eigenvalue weighted by molar-refractivity contribution is 5.23. The Morgan fingerprint density at radius 2 is 2.10 bits per heavy atom. The first-order valence-electron chi connectivity index (χ1n) is 8.01. The lowest BCUT2D eigenvalue weighted by Crippen LogP contribution is -2.37. The van der Waals surface area contributed by atoms with Crippen molar-refractivity contribution in [1.82, 2.24) is 10.2 Å². The van der Waals surface area contributed by atoms with E-state index in [0.29, 0.717) is 11.5 Å². The summed E-state index contributed by atoms with van der Waals surface area (Å²) in [5.41, 5.74) is 0.519. The van der Waals surface area contributed by atoms with Crippen molar-refractivity contribution < 1.29 is 8.78 Å². The average Bonchev–Trinajstić information content (AvgIpc) is 2.65. The van der Waals surface area contributed by atoms with E-state index in [1.807, 2.05) is 7.05 Å². The first-order chi connectivity index (χ1) is 10.2. The minimum Gasteiger partial charge on any atom is -0.319 e. The molecule has 1 fully saturated rings. The van der Waals surface area contributed by atoms with Gasteiger partial charge in [-0.25, -0.2) is 8.78 Å². The van der Waals surface area contributed by atoms with Crippen LogP contribution in [0.2, 0.25) is 0 Å². The van der Waals surface area contributed by atoms with E-state index < -0.39 is 0 Å². The molecule has 0 saturated carbocycles. The van der Waals surface area contributed by atoms with Crippen LogP contribution in [-0.4, -0.2) is 31.6 Å². The first-order valence-corrected chi connectivity index (χ1v) is 8.01. The zero-order valence-corrected chi connectivity index (χ0v) is 13.0. The third kappa shape index (κ3) is 4.01. The van der Waals surface area contributed by atoms with Gasteiger partial charge in [0.15, 0.2) is 0 Å². The van der Waals surface area contributed by atoms with Gasteiger partial charge in [-0.15, -0.1) is 0 Å². The second-order valence-electron chi connectivity index (χ2n) is 5.96. The van der Waals surface area contributed by atoms with E-state index in [1.165, 1.54) is 18.2 Å². The van der Waals surface area contributed by atoms with E-state index in [-0.39, 0.29) is 17.7 Å². The topological polar surface area (TPSA) is 15.3 Å². The summed E-state index contributed by atoms with van der Waals surface area (Å²) in [6, 6.07) is 3.81. The van der Waals surface area contributed by atoms with Crippen LogP contribution in [0.15, 0.2) is 18.2 Å². The molecular weight excluding hydrogens is 270 g/mol. The van der Waals surface area contributed by atoms with Gasteiger partial charge < -0.3 is 5.32 Å². The normalized spacial score (nSPS) is 24.0. The molecule has 21 heavy (non-hydrogen) atoms. The Bertz CT molecular complexity index is 434. The first kappa shape index (κ1) is 16.4. The lowest BCUT2D eigenvalue weighted by Gasteiger charge is -2.35. The third-order valence-corrected chi connectivity index (χ3v) is 4.36. The van der Waals surface area contributed by atoms with Crippen LogP contribution in [0.4, 0.5) is 8.78 Å². The molecular formula is C17H26F2N2. The van der Waals surface area contributed by atoms with Crippen molar-refractivity contribution in [3.63, 3.8) is 0 Å². The monoisotopic (exact) mass is 296 g/mol. The molecule has 0 radical (unpaired) electrons. The summed E-state index contributed by atoms with van der Waals surface area (Å²) in [6.07, 6.45) is 4.37. The molecule has 1 aliphatic rings. The molecule has 0 bridgehead atoms. The molecule has 1 aromatic rings. The summed E-state index contributed by atoms with van der Waals surface area (Å²) >= 11 is 0. The van der Waals surface area contributed by atoms with Crippen LogP contribution in [-0.2, 0) is 0 Å². The Kier molecular flexibility index (Phi) is 6.12. The highest BCUT2D eigenvalue weighted by atomic mass is 19.1. The molecule has 2 nitrogen and oxygen atoms in total. The molecule has 1 aromatic carbocycles. The summed E-state index contributed by atoms with van der Waals surface area (Å²) in [6.45, 7) is 4.87. The Balaban J connectivity index is 2.39. The fourth-order valence-corrected chi connectivity index (χ4v) is 3.52. The molecule has 2 atom stereocenters. The van der Waals surface area contributed by atoms with Gasteiger partial charge in [-0.1, -0.05) is 13.3 Å². The third-order valence-electron chi connectivity index (χ3n) is 4.36. The van der Waals surface area contributed by atoms with E-state index >= 15 is 0 Å². The van der Waals surface area contributed by atoms with Crippen LogP contribution in [0.3, 0.4) is 0 Å². The van der Waals surface area contributed by atoms with E-state index in [2.05, 4.69) is 17.1 Å². The molecule has 0 amide bonds. The number of likely N-dealkylation sites (tertiary alicyclic amines) is 1. The molecule has 1 saturated heterocycles. The lowest BCUT2D eigenvalue weighted by atomic mass is 9.88. The van der Waals surface area contributed by atoms with Gasteiger partial charge >= 0.3 is 0 Å². The molecule has 4 heteroatoms. The lowest BCUT2D eigenvalue weighted by molar-refractivity contribution is 0.150. The zero-order valence-electron chi connectivity index (χ0n) is 13.0. The number of rotatable bonds is 5. The van der Waals surface area contributed by atoms with Gasteiger partial charge in [0.25, 0.3) is 0 Å². The van der Waals surface area contributed by atoms with Crippen molar-refractivity contribution in [2.75, 3.05) is 26.7 Å². The van der Waals surface area contributed by atoms with Crippen LogP contribution in [0.1, 0.15) is 44.2 Å². The standard InChI is InChI=1S/C17H26F2N2/c1-3-9-21-10-5-4-6-13(12-20-2)17(21)15-11-14(18)7-8-16(15)19/h7-8,11,13,17,20H,3-6,9-10,12H2,1-2H3. The summed E-state index contributed by atoms with van der Waals surface area (Å²) in [5, 5.41) is 3.22. The fraction of sp³-hybridized carbons (Fsp3) is 0.647. The maximum Gasteiger partial charge on any atom is 0.128 e. The van der Waals surface area contributed by atoms with Gasteiger partial charge in [-0.2, -0.15) is 0 Å². The van der Waals surface area contributed by atoms with Gasteiger partial charge in [-0.3, -0.25) is 4.90 Å². The maximum atomic E-state index is 14.3. The minimum absolute atomic E-state index is 0.0319. The Morgan fingerprint density at radius 1 is 1.29 bits per heavy atom. The van der Waals surface area contributed by atoms with E-state index in [9.17, 15) is 8.78 Å². The fourth-order valence-electron chi connectivity index (χ4n) is 3.52. The van der Waals surface area contributed by atoms with Crippen molar-refractivity contribution in [3.05, 3.63) is 35.4 Å². The smallest absolute Gasteiger partial charge is 0.128 e. The van der Waals surface area contributed by atoms with Gasteiger partial charge in [0.2, 0.25) is 0 Å². The minimum atomic E-state index is -0.352. The van der Waals surface area contributed by atoms with Gasteiger partial charge in [0.05, 0.1) is 0 Å². The molecule has 0 spiro atoms. The van der Waals surface area contributed by atoms with E-state index in [4.69, 9.17) is 0 Å². The molecule has 1 aliphatic heterocycles. The Hall–Kier alpha value is -1.00. The summed E-state index contributed by atoms with van der Waals surface area (Å²) in [5.74, 6) is -0.318. The Labute approximate surface area is 126 Å². The molecule has 0 aliphatic carbocycles. The van der Waals surface area contributed by atoms with Crippen molar-refractivity contribution >= 4 is 0 Å². The van der Waals surface area contributed by atoms with Gasteiger partial charge in [0, 0.05) is 11.6 Å². The number of halogens is 2. The van der Waals surface area contributed by atoms with Gasteiger partial charge in [0.1, 0.15) is 11.6 Å². The van der Waals surface area contributed by atoms with Gasteiger partial charge in [-0.05, 0) is 70.1 Å². The summed E-state index contributed by atoms with van der Waals surface area (Å²) < 4.78 is 27.9. The van der Waals surface area contributed by atoms with Crippen molar-refractivity contribution in [2.45, 2.75) is 38.6 Å². The second kappa shape index (κ2) is 7.85. The second-order valence-corrected chi connectivity index (χ2v) is 5.96. The largest absolute Gasteiger partial charge is 0.319 e. The predicted molar refractivity (Wildman–Crippen MR) is 82.2 cm³/mol. The van der Waals surface area contributed by atoms with Crippen LogP contribution in [0.5, 0.6) is 0 Å². The van der Waals surface area contributed by atoms with Crippen molar-refractivity contribution in [2.24, 2.45) is 5.92 Å². The maximum absolute atomic E-state index is 14.3. The number of benzene rings is 1. The number of nitrogens with zero attached hydrogens (tertiary/aromatic N) is 1. The highest BCUT2D eigenvalue weighted by Gasteiger charge is 2.32. The SMILES string of the molecule is CCCN1CCCCC(CNC)C1c1cc(F)ccc1F. The summed E-state index contributed by atoms with van der Waals surface area (Å²) in [7, 11) is 1.92.